The van der Waals surface area contributed by atoms with E-state index in [0.717, 1.165) is 70.0 Å². The molecule has 4 aliphatic rings. The number of fused-ring (bicyclic) bond motifs is 2. The van der Waals surface area contributed by atoms with Crippen molar-refractivity contribution in [1.82, 2.24) is 69.5 Å². The number of aliphatic carboxylic acids is 1. The van der Waals surface area contributed by atoms with Crippen molar-refractivity contribution in [1.29, 1.82) is 0 Å². The molecule has 8 aromatic rings. The van der Waals surface area contributed by atoms with Gasteiger partial charge in [-0.05, 0) is 38.1 Å². The van der Waals surface area contributed by atoms with E-state index < -0.39 is 23.4 Å². The zero-order valence-electron chi connectivity index (χ0n) is 42.8. The number of Topliss-reactive ketones (excluding diaryl/α,β-unsaturated/α-hetero) is 2. The van der Waals surface area contributed by atoms with E-state index in [9.17, 15) is 19.2 Å². The Hall–Kier alpha value is -9.52. The number of hydrogen-bond donors (Lipinski definition) is 4. The first-order chi connectivity index (χ1) is 37.5. The summed E-state index contributed by atoms with van der Waals surface area (Å²) in [6.07, 6.45) is 8.79. The molecule has 25 heteroatoms. The van der Waals surface area contributed by atoms with Gasteiger partial charge in [-0.15, -0.1) is 0 Å². The number of carboxylic acids is 1. The number of nitrogens with zero attached hydrogens (tertiary/aromatic N) is 15. The van der Waals surface area contributed by atoms with Crippen molar-refractivity contribution in [3.8, 4) is 23.1 Å². The van der Waals surface area contributed by atoms with Gasteiger partial charge in [-0.2, -0.15) is 10.2 Å². The molecule has 0 bridgehead atoms. The first-order valence-corrected chi connectivity index (χ1v) is 24.9. The number of para-hydroxylation sites is 2. The molecule has 0 radical (unpaired) electrons. The molecule has 2 fully saturated rings. The van der Waals surface area contributed by atoms with Gasteiger partial charge in [0.1, 0.15) is 35.8 Å². The number of carboxylic acid groups (broad SMARTS) is 1. The molecule has 0 unspecified atom stereocenters. The fourth-order valence-corrected chi connectivity index (χ4v) is 9.59. The van der Waals surface area contributed by atoms with Crippen molar-refractivity contribution >= 4 is 68.5 Å². The molecule has 6 aromatic heterocycles. The average Bonchev–Trinajstić information content (AvgIpc) is 4.38. The van der Waals surface area contributed by atoms with Gasteiger partial charge >= 0.3 is 5.97 Å². The Bertz CT molecular complexity index is 3500. The van der Waals surface area contributed by atoms with E-state index in [1.165, 1.54) is 60.4 Å². The van der Waals surface area contributed by atoms with Crippen molar-refractivity contribution in [2.75, 3.05) is 103 Å². The molecule has 12 rings (SSSR count). The number of aliphatic imine (C=N–C) groups is 2. The van der Waals surface area contributed by atoms with E-state index in [1.807, 2.05) is 18.2 Å². The summed E-state index contributed by atoms with van der Waals surface area (Å²) in [6, 6.07) is 20.7. The third-order valence-electron chi connectivity index (χ3n) is 13.3. The summed E-state index contributed by atoms with van der Waals surface area (Å²) < 4.78 is 13.6. The van der Waals surface area contributed by atoms with Crippen LogP contribution >= 0.6 is 0 Å². The SMILES string of the molecule is COc1cnc(-n2cnc(C)n2)c2[nH]cc(C(=O)C(=O)N3CCN(C4=NCCN4c4ccccc4)CC3)c12.COc1cnc(-n2cnc(C)n2)c2[nH]cc(C(=O)C(=O)O)c12.c1ccc(N2CCN=C2N2CCNCC2)cc1. The van der Waals surface area contributed by atoms with Crippen LogP contribution in [-0.2, 0) is 9.59 Å². The van der Waals surface area contributed by atoms with E-state index in [-0.39, 0.29) is 11.1 Å². The number of anilines is 2. The summed E-state index contributed by atoms with van der Waals surface area (Å²) in [5, 5.41) is 21.6. The number of hydrogen-bond acceptors (Lipinski definition) is 19. The van der Waals surface area contributed by atoms with Crippen LogP contribution in [0, 0.1) is 13.8 Å². The second kappa shape index (κ2) is 22.5. The van der Waals surface area contributed by atoms with Crippen molar-refractivity contribution in [2.45, 2.75) is 13.8 Å². The number of ketones is 2. The number of guanidine groups is 2. The minimum Gasteiger partial charge on any atom is -0.494 e. The number of amides is 1. The minimum atomic E-state index is -1.54. The van der Waals surface area contributed by atoms with E-state index in [4.69, 9.17) is 19.6 Å². The Labute approximate surface area is 440 Å². The van der Waals surface area contributed by atoms with Gasteiger partial charge in [-0.3, -0.25) is 24.4 Å². The van der Waals surface area contributed by atoms with Crippen LogP contribution in [-0.4, -0.2) is 197 Å². The number of aromatic nitrogens is 10. The lowest BCUT2D eigenvalue weighted by atomic mass is 10.1. The minimum absolute atomic E-state index is 0.000151. The van der Waals surface area contributed by atoms with Gasteiger partial charge in [0.05, 0.1) is 72.6 Å². The van der Waals surface area contributed by atoms with Gasteiger partial charge in [-0.25, -0.2) is 34.1 Å². The largest absolute Gasteiger partial charge is 0.494 e. The maximum Gasteiger partial charge on any atom is 0.377 e. The number of carbonyl (C=O) groups is 4. The van der Waals surface area contributed by atoms with Crippen LogP contribution in [0.1, 0.15) is 32.4 Å². The molecule has 396 valence electrons. The van der Waals surface area contributed by atoms with E-state index >= 15 is 0 Å². The number of ether oxygens (including phenoxy) is 2. The number of rotatable bonds is 10. The molecule has 0 atom stereocenters. The lowest BCUT2D eigenvalue weighted by Gasteiger charge is -2.38. The lowest BCUT2D eigenvalue weighted by Crippen LogP contribution is -2.54. The van der Waals surface area contributed by atoms with Crippen LogP contribution in [0.15, 0.2) is 108 Å². The van der Waals surface area contributed by atoms with E-state index in [0.29, 0.717) is 82.8 Å². The van der Waals surface area contributed by atoms with Crippen molar-refractivity contribution in [3.63, 3.8) is 0 Å². The molecule has 1 amide bonds. The monoisotopic (exact) mass is 1040 g/mol. The molecule has 0 spiro atoms. The van der Waals surface area contributed by atoms with Gasteiger partial charge in [0, 0.05) is 89.2 Å². The number of piperazine rings is 2. The number of benzene rings is 2. The molecule has 2 aromatic carbocycles. The first-order valence-electron chi connectivity index (χ1n) is 24.9. The van der Waals surface area contributed by atoms with Gasteiger partial charge in [0.25, 0.3) is 17.5 Å². The zero-order valence-corrected chi connectivity index (χ0v) is 42.8. The summed E-state index contributed by atoms with van der Waals surface area (Å²) in [4.78, 5) is 92.4. The van der Waals surface area contributed by atoms with Gasteiger partial charge in [0.15, 0.2) is 11.6 Å². The van der Waals surface area contributed by atoms with Crippen LogP contribution < -0.4 is 24.6 Å². The van der Waals surface area contributed by atoms with Gasteiger partial charge < -0.3 is 54.4 Å². The highest BCUT2D eigenvalue weighted by Crippen LogP contribution is 2.33. The normalized spacial score (nSPS) is 15.4. The average molecular weight is 1050 g/mol. The number of pyridine rings is 2. The van der Waals surface area contributed by atoms with E-state index in [2.05, 4.69) is 112 Å². The number of H-pyrrole nitrogens is 2. The molecule has 0 saturated carbocycles. The molecule has 2 saturated heterocycles. The Morgan fingerprint density at radius 2 is 1.03 bits per heavy atom. The maximum atomic E-state index is 13.4. The summed E-state index contributed by atoms with van der Waals surface area (Å²) in [6.45, 7) is 13.2. The summed E-state index contributed by atoms with van der Waals surface area (Å²) in [7, 11) is 2.92. The molecule has 77 heavy (non-hydrogen) atoms. The predicted molar refractivity (Wildman–Crippen MR) is 286 cm³/mol. The smallest absolute Gasteiger partial charge is 0.377 e. The zero-order chi connectivity index (χ0) is 53.6. The lowest BCUT2D eigenvalue weighted by molar-refractivity contribution is -0.131. The number of aryl methyl sites for hydroxylation is 2. The topological polar surface area (TPSA) is 279 Å². The maximum absolute atomic E-state index is 13.4. The molecule has 0 aliphatic carbocycles. The van der Waals surface area contributed by atoms with Crippen LogP contribution in [0.5, 0.6) is 11.5 Å². The standard InChI is InChI=1S/C26H27N9O3.C13H11N5O4.C13H18N4/c1-17-30-16-35(31-17)24-22-21(20(38-2)15-29-24)19(14-28-22)23(36)25(37)32-10-12-33(13-11-32)26-27-8-9-34(26)18-6-4-3-5-7-18;1-6-16-5-18(17-6)12-10-9(8(22-2)4-15-12)7(3-14-10)11(19)13(20)21;1-2-4-12(5-3-1)17-11-8-15-13(17)16-9-6-14-7-10-16/h3-7,14-16,28H,8-13H2,1-2H3;3-5,14H,1-2H3,(H,20,21);1-5,14H,6-11H2. The number of carbonyl (C=O) groups excluding carboxylic acids is 3. The van der Waals surface area contributed by atoms with Crippen molar-refractivity contribution in [3.05, 3.63) is 121 Å². The van der Waals surface area contributed by atoms with Gasteiger partial charge in [-0.1, -0.05) is 36.4 Å². The Morgan fingerprint density at radius 3 is 1.45 bits per heavy atom. The molecule has 4 N–H and O–H groups in total. The summed E-state index contributed by atoms with van der Waals surface area (Å²) >= 11 is 0. The fourth-order valence-electron chi connectivity index (χ4n) is 9.59. The van der Waals surface area contributed by atoms with Crippen LogP contribution in [0.3, 0.4) is 0 Å². The fraction of sp³-hybridized carbons (Fsp3) is 0.308. The number of nitrogens with one attached hydrogen (secondary N) is 3. The third kappa shape index (κ3) is 10.5. The van der Waals surface area contributed by atoms with Crippen LogP contribution in [0.4, 0.5) is 11.4 Å². The van der Waals surface area contributed by atoms with Crippen LogP contribution in [0.25, 0.3) is 33.4 Å². The second-order valence-electron chi connectivity index (χ2n) is 18.0. The quantitative estimate of drug-likeness (QED) is 0.113. The third-order valence-corrected chi connectivity index (χ3v) is 13.3. The highest BCUT2D eigenvalue weighted by atomic mass is 16.5. The Balaban J connectivity index is 0.000000145. The summed E-state index contributed by atoms with van der Waals surface area (Å²) in [5.74, 6) is 1.02. The molecule has 4 aliphatic heterocycles. The Kier molecular flexibility index (Phi) is 14.9. The molecular weight excluding hydrogens is 989 g/mol. The molecular formula is C52H56N18O7. The highest BCUT2D eigenvalue weighted by Gasteiger charge is 2.33. The highest BCUT2D eigenvalue weighted by molar-refractivity contribution is 6.45. The second-order valence-corrected chi connectivity index (χ2v) is 18.0. The van der Waals surface area contributed by atoms with Crippen molar-refractivity contribution < 1.29 is 33.8 Å². The number of aromatic amines is 2. The van der Waals surface area contributed by atoms with E-state index in [1.54, 1.807) is 25.1 Å². The first kappa shape index (κ1) is 51.0. The number of methoxy groups -OCH3 is 2. The molecule has 25 nitrogen and oxygen atoms in total. The van der Waals surface area contributed by atoms with Crippen LogP contribution in [0.2, 0.25) is 0 Å². The Morgan fingerprint density at radius 1 is 0.571 bits per heavy atom. The predicted octanol–water partition coefficient (Wildman–Crippen LogP) is 3.16. The van der Waals surface area contributed by atoms with Gasteiger partial charge in [0.2, 0.25) is 11.9 Å². The molecule has 10 heterocycles. The summed E-state index contributed by atoms with van der Waals surface area (Å²) in [5.41, 5.74) is 3.56. The van der Waals surface area contributed by atoms with Crippen molar-refractivity contribution in [2.24, 2.45) is 9.98 Å².